The molecule has 0 N–H and O–H groups in total. The molecule has 20 aromatic carbocycles. The zero-order valence-corrected chi connectivity index (χ0v) is 59.6. The van der Waals surface area contributed by atoms with Crippen molar-refractivity contribution in [2.45, 2.75) is 38.5 Å². The van der Waals surface area contributed by atoms with E-state index < -0.39 is 0 Å². The van der Waals surface area contributed by atoms with E-state index in [4.69, 9.17) is 0 Å². The van der Waals surface area contributed by atoms with Gasteiger partial charge in [-0.05, 0) is 243 Å². The van der Waals surface area contributed by atoms with E-state index in [9.17, 15) is 0 Å². The van der Waals surface area contributed by atoms with E-state index in [1.165, 1.54) is 219 Å². The molecule has 0 heteroatoms. The first-order valence-corrected chi connectivity index (χ1v) is 37.4. The summed E-state index contributed by atoms with van der Waals surface area (Å²) in [6.45, 7) is 9.63. The average Bonchev–Trinajstić information content (AvgIpc) is 1.53. The lowest BCUT2D eigenvalue weighted by Crippen LogP contribution is -2.15. The van der Waals surface area contributed by atoms with Gasteiger partial charge in [0.15, 0.2) is 0 Å². The molecule has 0 nitrogen and oxygen atoms in total. The van der Waals surface area contributed by atoms with Crippen LogP contribution in [-0.2, 0) is 10.8 Å². The van der Waals surface area contributed by atoms with Gasteiger partial charge in [-0.2, -0.15) is 0 Å². The molecular formula is C106H72. The van der Waals surface area contributed by atoms with Crippen LogP contribution in [0.25, 0.3) is 197 Å². The van der Waals surface area contributed by atoms with Crippen molar-refractivity contribution in [2.24, 2.45) is 0 Å². The smallest absolute Gasteiger partial charge is 0.0165 e. The van der Waals surface area contributed by atoms with Crippen LogP contribution < -0.4 is 0 Å². The van der Waals surface area contributed by atoms with Crippen molar-refractivity contribution in [1.82, 2.24) is 0 Å². The van der Waals surface area contributed by atoms with E-state index in [1.54, 1.807) is 0 Å². The summed E-state index contributed by atoms with van der Waals surface area (Å²) in [5.41, 5.74) is 26.0. The van der Waals surface area contributed by atoms with E-state index >= 15 is 0 Å². The average molecular weight is 1350 g/mol. The minimum atomic E-state index is -0.128. The quantitative estimate of drug-likeness (QED) is 0.115. The molecule has 0 heterocycles. The first-order chi connectivity index (χ1) is 52.1. The highest BCUT2D eigenvalue weighted by Crippen LogP contribution is 2.59. The summed E-state index contributed by atoms with van der Waals surface area (Å²) in [5, 5.41) is 26.0. The Morgan fingerprint density at radius 1 is 0.151 bits per heavy atom. The summed E-state index contributed by atoms with van der Waals surface area (Å²) < 4.78 is 0. The number of hydrogen-bond acceptors (Lipinski definition) is 0. The molecule has 0 saturated heterocycles. The van der Waals surface area contributed by atoms with Crippen molar-refractivity contribution in [3.8, 4) is 89.0 Å². The molecule has 0 radical (unpaired) electrons. The zero-order valence-electron chi connectivity index (χ0n) is 59.6. The van der Waals surface area contributed by atoms with Crippen LogP contribution in [0, 0.1) is 0 Å². The molecule has 0 atom stereocenters. The van der Waals surface area contributed by atoms with Crippen LogP contribution in [0.3, 0.4) is 0 Å². The Morgan fingerprint density at radius 3 is 0.877 bits per heavy atom. The monoisotopic (exact) mass is 1340 g/mol. The standard InChI is InChI=1S/2C53H36/c1-53(2)48-31-30-36(32-47(48)51-41-19-7-5-17-39(41)40-18-6-12-24-46(40)52(51)53)50-44-22-10-8-20-42(44)49(43-21-9-11-23-45(43)50)35-28-26-34(27-29-35)38-25-13-15-33-14-3-4-16-37(33)38;1-53(2)48-29-28-38(32-47(48)51-41-20-7-5-18-39(41)40-19-6-12-25-46(40)52(51)53)50-44-23-10-8-21-42(44)49(43-22-9-11-24-45(43)50)37-17-13-16-35(31-37)36-27-26-33-14-3-4-15-34(33)30-36/h2*3-32H,1-2H3. The molecule has 20 aromatic rings. The van der Waals surface area contributed by atoms with Gasteiger partial charge in [-0.25, -0.2) is 0 Å². The third-order valence-corrected chi connectivity index (χ3v) is 24.0. The number of hydrogen-bond donors (Lipinski definition) is 0. The van der Waals surface area contributed by atoms with E-state index in [0.29, 0.717) is 0 Å². The van der Waals surface area contributed by atoms with E-state index in [-0.39, 0.29) is 10.8 Å². The Bertz CT molecular complexity index is 7000. The highest BCUT2D eigenvalue weighted by Gasteiger charge is 2.41. The maximum absolute atomic E-state index is 2.50. The van der Waals surface area contributed by atoms with Crippen LogP contribution in [0.15, 0.2) is 364 Å². The van der Waals surface area contributed by atoms with Crippen LogP contribution in [0.4, 0.5) is 0 Å². The van der Waals surface area contributed by atoms with Gasteiger partial charge in [0.05, 0.1) is 0 Å². The summed E-state index contributed by atoms with van der Waals surface area (Å²) >= 11 is 0. The van der Waals surface area contributed by atoms with Crippen molar-refractivity contribution < 1.29 is 0 Å². The summed E-state index contributed by atoms with van der Waals surface area (Å²) in [7, 11) is 0. The lowest BCUT2D eigenvalue weighted by atomic mass is 9.79. The molecule has 0 aliphatic heterocycles. The van der Waals surface area contributed by atoms with Gasteiger partial charge >= 0.3 is 0 Å². The third kappa shape index (κ3) is 9.27. The Labute approximate surface area is 617 Å². The summed E-state index contributed by atoms with van der Waals surface area (Å²) in [5.74, 6) is 0. The van der Waals surface area contributed by atoms with E-state index in [0.717, 1.165) is 0 Å². The number of benzene rings is 20. The van der Waals surface area contributed by atoms with Gasteiger partial charge in [-0.1, -0.05) is 367 Å². The second kappa shape index (κ2) is 23.8. The molecule has 0 spiro atoms. The van der Waals surface area contributed by atoms with Crippen LogP contribution >= 0.6 is 0 Å². The third-order valence-electron chi connectivity index (χ3n) is 24.0. The first kappa shape index (κ1) is 61.6. The summed E-state index contributed by atoms with van der Waals surface area (Å²) in [4.78, 5) is 0. The lowest BCUT2D eigenvalue weighted by Gasteiger charge is -2.24. The van der Waals surface area contributed by atoms with E-state index in [1.807, 2.05) is 0 Å². The van der Waals surface area contributed by atoms with Gasteiger partial charge < -0.3 is 0 Å². The van der Waals surface area contributed by atoms with Crippen LogP contribution in [0.5, 0.6) is 0 Å². The van der Waals surface area contributed by atoms with Crippen molar-refractivity contribution >= 4 is 108 Å². The van der Waals surface area contributed by atoms with Crippen LogP contribution in [0.1, 0.15) is 49.9 Å². The number of rotatable bonds is 6. The second-order valence-electron chi connectivity index (χ2n) is 30.4. The topological polar surface area (TPSA) is 0 Å². The Morgan fingerprint density at radius 2 is 0.434 bits per heavy atom. The summed E-state index contributed by atoms with van der Waals surface area (Å²) in [6, 6.07) is 136. The maximum atomic E-state index is 2.50. The molecule has 496 valence electrons. The highest BCUT2D eigenvalue weighted by molar-refractivity contribution is 6.25. The van der Waals surface area contributed by atoms with Gasteiger partial charge in [0.25, 0.3) is 0 Å². The molecule has 2 aliphatic rings. The number of fused-ring (bicyclic) bond motifs is 22. The van der Waals surface area contributed by atoms with Crippen molar-refractivity contribution in [2.75, 3.05) is 0 Å². The normalized spacial score (nSPS) is 13.2. The molecule has 0 saturated carbocycles. The molecule has 0 amide bonds. The Hall–Kier alpha value is -13.0. The fourth-order valence-electron chi connectivity index (χ4n) is 19.3. The highest BCUT2D eigenvalue weighted by atomic mass is 14.4. The lowest BCUT2D eigenvalue weighted by molar-refractivity contribution is 0.666. The molecule has 2 aliphatic carbocycles. The predicted octanol–water partition coefficient (Wildman–Crippen LogP) is 29.5. The SMILES string of the molecule is CC1(C)c2ccc(-c3c4ccccc4c(-c4ccc(-c5cccc6ccccc56)cc4)c4ccccc34)cc2-c2c1c1ccccc1c1ccccc21.CC1(C)c2ccc(-c3c4ccccc4c(-c4cccc(-c5ccc6ccccc6c5)c4)c4ccccc34)cc2-c2c1c1ccccc1c1ccccc21. The molecule has 0 aromatic heterocycles. The first-order valence-electron chi connectivity index (χ1n) is 37.4. The van der Waals surface area contributed by atoms with Gasteiger partial charge in [-0.3, -0.25) is 0 Å². The van der Waals surface area contributed by atoms with E-state index in [2.05, 4.69) is 392 Å². The minimum absolute atomic E-state index is 0.126. The molecular weight excluding hydrogens is 1270 g/mol. The molecule has 0 bridgehead atoms. The molecule has 0 unspecified atom stereocenters. The summed E-state index contributed by atoms with van der Waals surface area (Å²) in [6.07, 6.45) is 0. The largest absolute Gasteiger partial charge is 0.0616 e. The zero-order chi connectivity index (χ0) is 70.5. The van der Waals surface area contributed by atoms with Crippen molar-refractivity contribution in [3.63, 3.8) is 0 Å². The molecule has 106 heavy (non-hydrogen) atoms. The maximum Gasteiger partial charge on any atom is 0.0165 e. The van der Waals surface area contributed by atoms with Crippen molar-refractivity contribution in [3.05, 3.63) is 386 Å². The van der Waals surface area contributed by atoms with Gasteiger partial charge in [-0.15, -0.1) is 0 Å². The van der Waals surface area contributed by atoms with Gasteiger partial charge in [0, 0.05) is 10.8 Å². The Kier molecular flexibility index (Phi) is 13.8. The molecule has 0 fully saturated rings. The fourth-order valence-corrected chi connectivity index (χ4v) is 19.3. The predicted molar refractivity (Wildman–Crippen MR) is 456 cm³/mol. The molecule has 22 rings (SSSR count). The van der Waals surface area contributed by atoms with Gasteiger partial charge in [0.2, 0.25) is 0 Å². The van der Waals surface area contributed by atoms with Crippen LogP contribution in [-0.4, -0.2) is 0 Å². The Balaban J connectivity index is 0.000000136. The van der Waals surface area contributed by atoms with Crippen LogP contribution in [0.2, 0.25) is 0 Å². The second-order valence-corrected chi connectivity index (χ2v) is 30.4. The van der Waals surface area contributed by atoms with Crippen molar-refractivity contribution in [1.29, 1.82) is 0 Å². The van der Waals surface area contributed by atoms with Gasteiger partial charge in [0.1, 0.15) is 0 Å². The minimum Gasteiger partial charge on any atom is -0.0616 e. The fraction of sp³-hybridized carbons (Fsp3) is 0.0566.